The van der Waals surface area contributed by atoms with Crippen LogP contribution in [0.3, 0.4) is 0 Å². The van der Waals surface area contributed by atoms with Crippen LogP contribution >= 0.6 is 11.6 Å². The van der Waals surface area contributed by atoms with E-state index in [1.165, 1.54) is 17.2 Å². The summed E-state index contributed by atoms with van der Waals surface area (Å²) in [6, 6.07) is 1.47. The first-order valence-corrected chi connectivity index (χ1v) is 7.22. The van der Waals surface area contributed by atoms with Crippen molar-refractivity contribution in [1.29, 1.82) is 0 Å². The van der Waals surface area contributed by atoms with Crippen LogP contribution in [0.1, 0.15) is 24.2 Å². The molecule has 1 aliphatic heterocycles. The Bertz CT molecular complexity index is 578. The number of carboxylic acids is 1. The molecule has 2 heterocycles. The third-order valence-electron chi connectivity index (χ3n) is 3.03. The summed E-state index contributed by atoms with van der Waals surface area (Å²) in [4.78, 5) is 28.8. The van der Waals surface area contributed by atoms with Gasteiger partial charge in [0.25, 0.3) is 5.91 Å². The van der Waals surface area contributed by atoms with Crippen LogP contribution in [-0.4, -0.2) is 58.8 Å². The minimum Gasteiger partial charge on any atom is -0.479 e. The maximum Gasteiger partial charge on any atom is 0.334 e. The molecule has 0 aromatic carbocycles. The first kappa shape index (κ1) is 16.5. The average molecular weight is 329 g/mol. The van der Waals surface area contributed by atoms with Crippen molar-refractivity contribution in [2.75, 3.05) is 19.7 Å². The second-order valence-corrected chi connectivity index (χ2v) is 5.53. The lowest BCUT2D eigenvalue weighted by Crippen LogP contribution is -2.48. The van der Waals surface area contributed by atoms with E-state index in [2.05, 4.69) is 4.98 Å². The van der Waals surface area contributed by atoms with Crippen molar-refractivity contribution in [1.82, 2.24) is 9.88 Å². The number of pyridine rings is 1. The smallest absolute Gasteiger partial charge is 0.334 e. The maximum absolute atomic E-state index is 12.4. The molecule has 1 fully saturated rings. The Kier molecular flexibility index (Phi) is 5.20. The van der Waals surface area contributed by atoms with E-state index in [1.807, 2.05) is 13.8 Å². The van der Waals surface area contributed by atoms with Crippen LogP contribution in [0.4, 0.5) is 0 Å². The highest BCUT2D eigenvalue weighted by Crippen LogP contribution is 2.24. The zero-order chi connectivity index (χ0) is 16.3. The van der Waals surface area contributed by atoms with Crippen LogP contribution in [0.25, 0.3) is 0 Å². The molecule has 7 nitrogen and oxygen atoms in total. The van der Waals surface area contributed by atoms with Gasteiger partial charge in [-0.3, -0.25) is 4.79 Å². The molecule has 0 saturated carbocycles. The van der Waals surface area contributed by atoms with Crippen molar-refractivity contribution in [3.8, 4) is 5.88 Å². The largest absolute Gasteiger partial charge is 0.479 e. The molecule has 0 aliphatic carbocycles. The number of carbonyl (C=O) groups is 2. The van der Waals surface area contributed by atoms with E-state index in [-0.39, 0.29) is 41.6 Å². The quantitative estimate of drug-likeness (QED) is 0.899. The summed E-state index contributed by atoms with van der Waals surface area (Å²) in [6.07, 6.45) is 0.281. The molecule has 1 amide bonds. The lowest BCUT2D eigenvalue weighted by atomic mass is 10.2. The van der Waals surface area contributed by atoms with E-state index in [4.69, 9.17) is 26.2 Å². The van der Waals surface area contributed by atoms with E-state index in [9.17, 15) is 9.59 Å². The van der Waals surface area contributed by atoms with Crippen molar-refractivity contribution < 1.29 is 24.2 Å². The minimum absolute atomic E-state index is 0.00394. The van der Waals surface area contributed by atoms with Crippen LogP contribution in [0, 0.1) is 0 Å². The molecule has 1 aromatic heterocycles. The Morgan fingerprint density at radius 3 is 2.86 bits per heavy atom. The number of ether oxygens (including phenoxy) is 2. The fraction of sp³-hybridized carbons (Fsp3) is 0.500. The molecular formula is C14H17ClN2O5. The highest BCUT2D eigenvalue weighted by Gasteiger charge is 2.29. The van der Waals surface area contributed by atoms with Gasteiger partial charge in [-0.25, -0.2) is 9.78 Å². The number of halogens is 1. The van der Waals surface area contributed by atoms with E-state index in [1.54, 1.807) is 0 Å². The third kappa shape index (κ3) is 3.86. The van der Waals surface area contributed by atoms with Crippen molar-refractivity contribution in [2.45, 2.75) is 26.1 Å². The number of rotatable bonds is 4. The molecular weight excluding hydrogens is 312 g/mol. The van der Waals surface area contributed by atoms with Crippen LogP contribution < -0.4 is 4.74 Å². The Morgan fingerprint density at radius 1 is 1.55 bits per heavy atom. The molecule has 22 heavy (non-hydrogen) atoms. The summed E-state index contributed by atoms with van der Waals surface area (Å²) in [6.45, 7) is 4.19. The van der Waals surface area contributed by atoms with Crippen molar-refractivity contribution >= 4 is 23.5 Å². The van der Waals surface area contributed by atoms with Gasteiger partial charge >= 0.3 is 5.97 Å². The Labute approximate surface area is 132 Å². The van der Waals surface area contributed by atoms with Gasteiger partial charge < -0.3 is 19.5 Å². The minimum atomic E-state index is -1.09. The van der Waals surface area contributed by atoms with Gasteiger partial charge in [0.1, 0.15) is 5.02 Å². The summed E-state index contributed by atoms with van der Waals surface area (Å²) in [7, 11) is 0. The van der Waals surface area contributed by atoms with Crippen LogP contribution in [0.15, 0.2) is 12.3 Å². The van der Waals surface area contributed by atoms with Crippen molar-refractivity contribution in [2.24, 2.45) is 0 Å². The van der Waals surface area contributed by atoms with Gasteiger partial charge in [-0.15, -0.1) is 0 Å². The lowest BCUT2D eigenvalue weighted by molar-refractivity contribution is -0.154. The van der Waals surface area contributed by atoms with Gasteiger partial charge in [0.15, 0.2) is 6.10 Å². The first-order valence-electron chi connectivity index (χ1n) is 6.84. The molecule has 8 heteroatoms. The Morgan fingerprint density at radius 2 is 2.27 bits per heavy atom. The van der Waals surface area contributed by atoms with Crippen LogP contribution in [0.5, 0.6) is 5.88 Å². The molecule has 1 N–H and O–H groups in total. The average Bonchev–Trinajstić information content (AvgIpc) is 2.48. The number of carbonyl (C=O) groups excluding carboxylic acids is 1. The normalized spacial score (nSPS) is 18.4. The second kappa shape index (κ2) is 6.93. The molecule has 0 spiro atoms. The summed E-state index contributed by atoms with van der Waals surface area (Å²) in [5.41, 5.74) is 0.284. The number of morpholine rings is 1. The highest BCUT2D eigenvalue weighted by molar-refractivity contribution is 6.32. The Balaban J connectivity index is 2.12. The molecule has 1 aliphatic rings. The predicted molar refractivity (Wildman–Crippen MR) is 78.3 cm³/mol. The van der Waals surface area contributed by atoms with Crippen LogP contribution in [0.2, 0.25) is 5.02 Å². The van der Waals surface area contributed by atoms with Crippen molar-refractivity contribution in [3.63, 3.8) is 0 Å². The van der Waals surface area contributed by atoms with E-state index < -0.39 is 12.1 Å². The van der Waals surface area contributed by atoms with Gasteiger partial charge in [0.2, 0.25) is 5.88 Å². The molecule has 2 rings (SSSR count). The van der Waals surface area contributed by atoms with E-state index >= 15 is 0 Å². The fourth-order valence-corrected chi connectivity index (χ4v) is 2.23. The van der Waals surface area contributed by atoms with Gasteiger partial charge in [-0.2, -0.15) is 0 Å². The first-order chi connectivity index (χ1) is 10.4. The van der Waals surface area contributed by atoms with Gasteiger partial charge in [0.05, 0.1) is 24.8 Å². The van der Waals surface area contributed by atoms with Gasteiger partial charge in [-0.05, 0) is 19.9 Å². The zero-order valence-corrected chi connectivity index (χ0v) is 13.0. The molecule has 0 radical (unpaired) electrons. The zero-order valence-electron chi connectivity index (χ0n) is 12.3. The van der Waals surface area contributed by atoms with Crippen LogP contribution in [-0.2, 0) is 9.53 Å². The summed E-state index contributed by atoms with van der Waals surface area (Å²) in [5.74, 6) is -1.16. The Hall–Kier alpha value is -1.86. The third-order valence-corrected chi connectivity index (χ3v) is 3.30. The number of carboxylic acid groups (broad SMARTS) is 1. The molecule has 1 atom stereocenters. The molecule has 1 aromatic rings. The highest BCUT2D eigenvalue weighted by atomic mass is 35.5. The number of nitrogens with zero attached hydrogens (tertiary/aromatic N) is 2. The molecule has 1 unspecified atom stereocenters. The number of aromatic nitrogens is 1. The number of hydrogen-bond acceptors (Lipinski definition) is 5. The molecule has 0 bridgehead atoms. The predicted octanol–water partition coefficient (Wildman–Crippen LogP) is 1.45. The number of aliphatic carboxylic acids is 1. The monoisotopic (exact) mass is 328 g/mol. The topological polar surface area (TPSA) is 89.0 Å². The standard InChI is InChI=1S/C14H17ClN2O5/c1-8(2)22-12-10(15)5-9(6-16-12)13(18)17-3-4-21-11(7-17)14(19)20/h5-6,8,11H,3-4,7H2,1-2H3,(H,19,20). The van der Waals surface area contributed by atoms with E-state index in [0.29, 0.717) is 6.54 Å². The molecule has 1 saturated heterocycles. The number of hydrogen-bond donors (Lipinski definition) is 1. The van der Waals surface area contributed by atoms with Gasteiger partial charge in [0, 0.05) is 12.7 Å². The lowest BCUT2D eigenvalue weighted by Gasteiger charge is -2.30. The SMILES string of the molecule is CC(C)Oc1ncc(C(=O)N2CCOC(C(=O)O)C2)cc1Cl. The maximum atomic E-state index is 12.4. The fourth-order valence-electron chi connectivity index (χ4n) is 2.02. The summed E-state index contributed by atoms with van der Waals surface area (Å²) in [5, 5.41) is 9.20. The molecule has 120 valence electrons. The van der Waals surface area contributed by atoms with E-state index in [0.717, 1.165) is 0 Å². The summed E-state index contributed by atoms with van der Waals surface area (Å²) >= 11 is 6.06. The second-order valence-electron chi connectivity index (χ2n) is 5.13. The van der Waals surface area contributed by atoms with Gasteiger partial charge in [-0.1, -0.05) is 11.6 Å². The number of amides is 1. The van der Waals surface area contributed by atoms with Crippen molar-refractivity contribution in [3.05, 3.63) is 22.8 Å². The summed E-state index contributed by atoms with van der Waals surface area (Å²) < 4.78 is 10.5.